The summed E-state index contributed by atoms with van der Waals surface area (Å²) in [5.41, 5.74) is 0. The van der Waals surface area contributed by atoms with Crippen LogP contribution in [0.15, 0.2) is 12.2 Å². The Kier molecular flexibility index (Phi) is 3.53. The third kappa shape index (κ3) is 2.33. The lowest BCUT2D eigenvalue weighted by atomic mass is 10.0. The molecule has 0 amide bonds. The van der Waals surface area contributed by atoms with Gasteiger partial charge in [0, 0.05) is 0 Å². The van der Waals surface area contributed by atoms with E-state index in [2.05, 4.69) is 17.0 Å². The smallest absolute Gasteiger partial charge is 0.183 e. The molecule has 0 aromatic heterocycles. The monoisotopic (exact) mass is 199 g/mol. The van der Waals surface area contributed by atoms with Crippen molar-refractivity contribution < 1.29 is 14.3 Å². The molecule has 0 radical (unpaired) electrons. The Labute approximate surface area is 84.0 Å². The molecule has 0 aromatic rings. The maximum Gasteiger partial charge on any atom is 0.183 e. The summed E-state index contributed by atoms with van der Waals surface area (Å²) in [5.74, 6) is 4.99. The van der Waals surface area contributed by atoms with E-state index < -0.39 is 0 Å². The van der Waals surface area contributed by atoms with Crippen LogP contribution in [0.25, 0.3) is 0 Å². The summed E-state index contributed by atoms with van der Waals surface area (Å²) in [7, 11) is 0. The zero-order valence-electron chi connectivity index (χ0n) is 8.22. The molecule has 1 heterocycles. The van der Waals surface area contributed by atoms with Gasteiger partial charge < -0.3 is 9.47 Å². The van der Waals surface area contributed by atoms with Gasteiger partial charge in [0.05, 0.1) is 12.2 Å². The highest BCUT2D eigenvalue weighted by Crippen LogP contribution is 2.27. The first kappa shape index (κ1) is 10.1. The molecule has 2 rings (SSSR count). The van der Waals surface area contributed by atoms with Crippen LogP contribution < -0.4 is 5.90 Å². The minimum absolute atomic E-state index is 0.222. The van der Waals surface area contributed by atoms with Crippen LogP contribution in [0.3, 0.4) is 0 Å². The van der Waals surface area contributed by atoms with Crippen molar-refractivity contribution in [3.63, 3.8) is 0 Å². The molecule has 1 saturated heterocycles. The highest BCUT2D eigenvalue weighted by Gasteiger charge is 2.35. The first-order valence-electron chi connectivity index (χ1n) is 5.18. The van der Waals surface area contributed by atoms with Crippen LogP contribution in [0.4, 0.5) is 0 Å². The Bertz CT molecular complexity index is 190. The van der Waals surface area contributed by atoms with Crippen LogP contribution >= 0.6 is 0 Å². The predicted molar refractivity (Wildman–Crippen MR) is 51.3 cm³/mol. The maximum atomic E-state index is 5.68. The Morgan fingerprint density at radius 1 is 1.14 bits per heavy atom. The van der Waals surface area contributed by atoms with Crippen LogP contribution in [-0.4, -0.2) is 25.1 Å². The van der Waals surface area contributed by atoms with Crippen molar-refractivity contribution >= 4 is 0 Å². The Morgan fingerprint density at radius 3 is 2.21 bits per heavy atom. The molecule has 1 aliphatic heterocycles. The molecule has 1 aliphatic carbocycles. The predicted octanol–water partition coefficient (Wildman–Crippen LogP) is 1.12. The first-order valence-corrected chi connectivity index (χ1v) is 5.18. The van der Waals surface area contributed by atoms with Crippen molar-refractivity contribution in [3.8, 4) is 0 Å². The maximum absolute atomic E-state index is 5.68. The van der Waals surface area contributed by atoms with Crippen LogP contribution in [0.2, 0.25) is 0 Å². The van der Waals surface area contributed by atoms with Crippen molar-refractivity contribution in [1.29, 1.82) is 0 Å². The molecule has 2 aliphatic rings. The van der Waals surface area contributed by atoms with Gasteiger partial charge in [-0.25, -0.2) is 5.90 Å². The van der Waals surface area contributed by atoms with E-state index in [9.17, 15) is 0 Å². The number of allylic oxidation sites excluding steroid dienone is 2. The second-order valence-electron chi connectivity index (χ2n) is 3.74. The summed E-state index contributed by atoms with van der Waals surface area (Å²) in [5, 5.41) is 0. The molecule has 4 nitrogen and oxygen atoms in total. The van der Waals surface area contributed by atoms with Gasteiger partial charge in [-0.1, -0.05) is 12.2 Å². The van der Waals surface area contributed by atoms with Crippen LogP contribution in [-0.2, 0) is 14.3 Å². The molecule has 80 valence electrons. The second-order valence-corrected chi connectivity index (χ2v) is 3.74. The zero-order valence-corrected chi connectivity index (χ0v) is 8.22. The highest BCUT2D eigenvalue weighted by molar-refractivity contribution is 4.90. The van der Waals surface area contributed by atoms with E-state index >= 15 is 0 Å². The lowest BCUT2D eigenvalue weighted by Gasteiger charge is -2.16. The second kappa shape index (κ2) is 4.89. The highest BCUT2D eigenvalue weighted by atomic mass is 16.8. The molecule has 4 heteroatoms. The molecule has 0 bridgehead atoms. The molecule has 2 unspecified atom stereocenters. The number of rotatable bonds is 2. The van der Waals surface area contributed by atoms with E-state index in [1.165, 1.54) is 0 Å². The average molecular weight is 199 g/mol. The summed E-state index contributed by atoms with van der Waals surface area (Å²) in [4.78, 5) is 4.53. The number of fused-ring (bicyclic) bond motifs is 1. The molecular weight excluding hydrogens is 182 g/mol. The zero-order chi connectivity index (χ0) is 9.80. The van der Waals surface area contributed by atoms with Gasteiger partial charge in [-0.3, -0.25) is 4.84 Å². The van der Waals surface area contributed by atoms with Crippen molar-refractivity contribution in [2.45, 2.75) is 44.2 Å². The molecular formula is C10H17NO3. The van der Waals surface area contributed by atoms with Crippen LogP contribution in [0.1, 0.15) is 25.7 Å². The van der Waals surface area contributed by atoms with Crippen molar-refractivity contribution in [3.05, 3.63) is 12.2 Å². The van der Waals surface area contributed by atoms with Gasteiger partial charge in [0.25, 0.3) is 0 Å². The molecule has 1 fully saturated rings. The van der Waals surface area contributed by atoms with E-state index in [0.29, 0.717) is 6.61 Å². The minimum Gasteiger partial charge on any atom is -0.344 e. The summed E-state index contributed by atoms with van der Waals surface area (Å²) in [6, 6.07) is 0. The van der Waals surface area contributed by atoms with Gasteiger partial charge in [-0.2, -0.15) is 0 Å². The summed E-state index contributed by atoms with van der Waals surface area (Å²) < 4.78 is 11.4. The lowest BCUT2D eigenvalue weighted by molar-refractivity contribution is -0.113. The number of ether oxygens (including phenoxy) is 2. The Morgan fingerprint density at radius 2 is 1.71 bits per heavy atom. The SMILES string of the molecule is NOCC1OC2CC/C=C/CCC2O1. The summed E-state index contributed by atoms with van der Waals surface area (Å²) >= 11 is 0. The van der Waals surface area contributed by atoms with Crippen molar-refractivity contribution in [1.82, 2.24) is 0 Å². The lowest BCUT2D eigenvalue weighted by Crippen LogP contribution is -2.22. The molecule has 0 spiro atoms. The van der Waals surface area contributed by atoms with E-state index in [0.717, 1.165) is 25.7 Å². The topological polar surface area (TPSA) is 53.7 Å². The molecule has 2 N–H and O–H groups in total. The van der Waals surface area contributed by atoms with Gasteiger partial charge in [0.15, 0.2) is 6.29 Å². The largest absolute Gasteiger partial charge is 0.344 e. The fraction of sp³-hybridized carbons (Fsp3) is 0.800. The standard InChI is InChI=1S/C10H17NO3/c11-12-7-10-13-8-5-3-1-2-4-6-9(8)14-10/h1-2,8-10H,3-7,11H2/b2-1+. The third-order valence-corrected chi connectivity index (χ3v) is 2.70. The Balaban J connectivity index is 1.89. The third-order valence-electron chi connectivity index (χ3n) is 2.70. The van der Waals surface area contributed by atoms with E-state index in [-0.39, 0.29) is 18.5 Å². The van der Waals surface area contributed by atoms with E-state index in [1.807, 2.05) is 0 Å². The molecule has 2 atom stereocenters. The quantitative estimate of drug-likeness (QED) is 0.535. The van der Waals surface area contributed by atoms with E-state index in [4.69, 9.17) is 15.4 Å². The van der Waals surface area contributed by atoms with Crippen molar-refractivity contribution in [2.24, 2.45) is 5.90 Å². The van der Waals surface area contributed by atoms with Gasteiger partial charge in [-0.05, 0) is 25.7 Å². The summed E-state index contributed by atoms with van der Waals surface area (Å²) in [6.07, 6.45) is 8.80. The van der Waals surface area contributed by atoms with Gasteiger partial charge in [0.1, 0.15) is 6.61 Å². The minimum atomic E-state index is -0.270. The normalized spacial score (nSPS) is 39.9. The van der Waals surface area contributed by atoms with Gasteiger partial charge >= 0.3 is 0 Å². The average Bonchev–Trinajstić information content (AvgIpc) is 2.48. The first-order chi connectivity index (χ1) is 6.90. The van der Waals surface area contributed by atoms with Crippen molar-refractivity contribution in [2.75, 3.05) is 6.61 Å². The molecule has 14 heavy (non-hydrogen) atoms. The number of hydrogen-bond donors (Lipinski definition) is 1. The number of nitrogens with two attached hydrogens (primary N) is 1. The molecule has 0 saturated carbocycles. The Hall–Kier alpha value is -0.420. The summed E-state index contributed by atoms with van der Waals surface area (Å²) in [6.45, 7) is 0.320. The fourth-order valence-corrected chi connectivity index (χ4v) is 2.02. The number of hydrogen-bond acceptors (Lipinski definition) is 4. The molecule has 0 aromatic carbocycles. The van der Waals surface area contributed by atoms with E-state index in [1.54, 1.807) is 0 Å². The fourth-order valence-electron chi connectivity index (χ4n) is 2.02. The van der Waals surface area contributed by atoms with Crippen LogP contribution in [0, 0.1) is 0 Å². The van der Waals surface area contributed by atoms with Gasteiger partial charge in [-0.15, -0.1) is 0 Å². The van der Waals surface area contributed by atoms with Crippen LogP contribution in [0.5, 0.6) is 0 Å². The van der Waals surface area contributed by atoms with Gasteiger partial charge in [0.2, 0.25) is 0 Å².